The highest BCUT2D eigenvalue weighted by Crippen LogP contribution is 2.31. The van der Waals surface area contributed by atoms with Crippen molar-refractivity contribution in [3.63, 3.8) is 0 Å². The molecule has 25 heavy (non-hydrogen) atoms. The Hall–Kier alpha value is -2.38. The van der Waals surface area contributed by atoms with E-state index in [1.165, 1.54) is 28.8 Å². The van der Waals surface area contributed by atoms with Crippen LogP contribution in [0.15, 0.2) is 61.2 Å². The third-order valence-electron chi connectivity index (χ3n) is 4.87. The molecule has 0 saturated heterocycles. The number of aryl methyl sites for hydroxylation is 1. The summed E-state index contributed by atoms with van der Waals surface area (Å²) in [6.45, 7) is 3.83. The van der Waals surface area contributed by atoms with Crippen molar-refractivity contribution < 1.29 is 0 Å². The predicted octanol–water partition coefficient (Wildman–Crippen LogP) is 6.12. The Kier molecular flexibility index (Phi) is 4.42. The summed E-state index contributed by atoms with van der Waals surface area (Å²) in [7, 11) is 0. The van der Waals surface area contributed by atoms with E-state index >= 15 is 0 Å². The molecule has 0 amide bonds. The number of aromatic nitrogens is 1. The SMILES string of the molecule is C=Cc1ccc(Cc2cc(-c3cccc(Cl)c3)nc3c2CCC3)cc1. The second kappa shape index (κ2) is 6.85. The number of rotatable bonds is 4. The lowest BCUT2D eigenvalue weighted by Gasteiger charge is -2.12. The van der Waals surface area contributed by atoms with Gasteiger partial charge in [0.25, 0.3) is 0 Å². The van der Waals surface area contributed by atoms with Gasteiger partial charge in [0, 0.05) is 16.3 Å². The molecule has 1 aliphatic rings. The summed E-state index contributed by atoms with van der Waals surface area (Å²) in [5.74, 6) is 0. The molecular formula is C23H20ClN. The van der Waals surface area contributed by atoms with Gasteiger partial charge in [0.05, 0.1) is 5.69 Å². The number of halogens is 1. The number of pyridine rings is 1. The summed E-state index contributed by atoms with van der Waals surface area (Å²) < 4.78 is 0. The Morgan fingerprint density at radius 3 is 2.64 bits per heavy atom. The van der Waals surface area contributed by atoms with Crippen LogP contribution in [0.3, 0.4) is 0 Å². The molecule has 0 N–H and O–H groups in total. The number of hydrogen-bond acceptors (Lipinski definition) is 1. The third-order valence-corrected chi connectivity index (χ3v) is 5.11. The highest BCUT2D eigenvalue weighted by Gasteiger charge is 2.18. The molecule has 0 saturated carbocycles. The molecule has 3 aromatic rings. The lowest BCUT2D eigenvalue weighted by Crippen LogP contribution is -2.00. The Labute approximate surface area is 154 Å². The summed E-state index contributed by atoms with van der Waals surface area (Å²) in [6.07, 6.45) is 6.23. The van der Waals surface area contributed by atoms with Crippen LogP contribution in [0.1, 0.15) is 34.4 Å². The highest BCUT2D eigenvalue weighted by molar-refractivity contribution is 6.30. The molecule has 0 radical (unpaired) electrons. The summed E-state index contributed by atoms with van der Waals surface area (Å²) in [5.41, 5.74) is 8.69. The minimum atomic E-state index is 0.751. The minimum absolute atomic E-state index is 0.751. The van der Waals surface area contributed by atoms with E-state index in [4.69, 9.17) is 16.6 Å². The number of hydrogen-bond donors (Lipinski definition) is 0. The average molecular weight is 346 g/mol. The summed E-state index contributed by atoms with van der Waals surface area (Å²) in [5, 5.41) is 0.751. The molecule has 2 heteroatoms. The minimum Gasteiger partial charge on any atom is -0.253 e. The van der Waals surface area contributed by atoms with Gasteiger partial charge in [0.15, 0.2) is 0 Å². The van der Waals surface area contributed by atoms with E-state index in [9.17, 15) is 0 Å². The fourth-order valence-electron chi connectivity index (χ4n) is 3.57. The summed E-state index contributed by atoms with van der Waals surface area (Å²) >= 11 is 6.17. The predicted molar refractivity (Wildman–Crippen MR) is 106 cm³/mol. The molecule has 0 unspecified atom stereocenters. The van der Waals surface area contributed by atoms with Crippen molar-refractivity contribution in [2.24, 2.45) is 0 Å². The van der Waals surface area contributed by atoms with Crippen LogP contribution in [-0.4, -0.2) is 4.98 Å². The van der Waals surface area contributed by atoms with Crippen LogP contribution in [0.25, 0.3) is 17.3 Å². The molecule has 1 aliphatic carbocycles. The van der Waals surface area contributed by atoms with E-state index < -0.39 is 0 Å². The van der Waals surface area contributed by atoms with Crippen molar-refractivity contribution in [3.05, 3.63) is 94.1 Å². The van der Waals surface area contributed by atoms with Gasteiger partial charge in [-0.3, -0.25) is 4.98 Å². The molecule has 1 heterocycles. The maximum Gasteiger partial charge on any atom is 0.0708 e. The first-order valence-corrected chi connectivity index (χ1v) is 9.10. The molecule has 0 atom stereocenters. The quantitative estimate of drug-likeness (QED) is 0.554. The van der Waals surface area contributed by atoms with Crippen molar-refractivity contribution in [2.75, 3.05) is 0 Å². The Bertz CT molecular complexity index is 925. The van der Waals surface area contributed by atoms with E-state index in [0.29, 0.717) is 0 Å². The van der Waals surface area contributed by atoms with Crippen LogP contribution in [0.2, 0.25) is 5.02 Å². The Balaban J connectivity index is 1.74. The topological polar surface area (TPSA) is 12.9 Å². The van der Waals surface area contributed by atoms with E-state index in [1.807, 2.05) is 24.3 Å². The zero-order chi connectivity index (χ0) is 17.2. The van der Waals surface area contributed by atoms with Gasteiger partial charge in [-0.2, -0.15) is 0 Å². The van der Waals surface area contributed by atoms with Crippen LogP contribution in [0.5, 0.6) is 0 Å². The summed E-state index contributed by atoms with van der Waals surface area (Å²) in [4.78, 5) is 4.92. The first-order chi connectivity index (χ1) is 12.2. The van der Waals surface area contributed by atoms with E-state index in [2.05, 4.69) is 43.0 Å². The molecule has 1 nitrogen and oxygen atoms in total. The maximum atomic E-state index is 6.17. The standard InChI is InChI=1S/C23H20ClN/c1-2-16-9-11-17(12-10-16)13-19-15-23(18-5-3-6-20(24)14-18)25-22-8-4-7-21(19)22/h2-3,5-6,9-12,14-15H,1,4,7-8,13H2. The van der Waals surface area contributed by atoms with Gasteiger partial charge in [-0.25, -0.2) is 0 Å². The zero-order valence-electron chi connectivity index (χ0n) is 14.1. The van der Waals surface area contributed by atoms with Gasteiger partial charge < -0.3 is 0 Å². The average Bonchev–Trinajstić information content (AvgIpc) is 3.11. The maximum absolute atomic E-state index is 6.17. The van der Waals surface area contributed by atoms with Crippen LogP contribution < -0.4 is 0 Å². The van der Waals surface area contributed by atoms with Crippen molar-refractivity contribution in [1.82, 2.24) is 4.98 Å². The second-order valence-electron chi connectivity index (χ2n) is 6.58. The molecule has 1 aromatic heterocycles. The van der Waals surface area contributed by atoms with Gasteiger partial charge in [0.2, 0.25) is 0 Å². The van der Waals surface area contributed by atoms with E-state index in [1.54, 1.807) is 0 Å². The first-order valence-electron chi connectivity index (χ1n) is 8.72. The van der Waals surface area contributed by atoms with E-state index in [0.717, 1.165) is 41.1 Å². The Morgan fingerprint density at radius 2 is 1.88 bits per heavy atom. The first kappa shape index (κ1) is 16.1. The fourth-order valence-corrected chi connectivity index (χ4v) is 3.76. The molecule has 124 valence electrons. The lowest BCUT2D eigenvalue weighted by atomic mass is 9.97. The summed E-state index contributed by atoms with van der Waals surface area (Å²) in [6, 6.07) is 18.9. The van der Waals surface area contributed by atoms with Crippen LogP contribution in [-0.2, 0) is 19.3 Å². The lowest BCUT2D eigenvalue weighted by molar-refractivity contribution is 0.897. The third kappa shape index (κ3) is 3.38. The number of benzene rings is 2. The zero-order valence-corrected chi connectivity index (χ0v) is 14.9. The highest BCUT2D eigenvalue weighted by atomic mass is 35.5. The monoisotopic (exact) mass is 345 g/mol. The molecule has 0 aliphatic heterocycles. The normalized spacial score (nSPS) is 12.8. The smallest absolute Gasteiger partial charge is 0.0708 e. The van der Waals surface area contributed by atoms with Gasteiger partial charge in [-0.05, 0) is 66.1 Å². The van der Waals surface area contributed by atoms with E-state index in [-0.39, 0.29) is 0 Å². The van der Waals surface area contributed by atoms with Crippen molar-refractivity contribution in [1.29, 1.82) is 0 Å². The fraction of sp³-hybridized carbons (Fsp3) is 0.174. The molecule has 0 bridgehead atoms. The van der Waals surface area contributed by atoms with Crippen LogP contribution >= 0.6 is 11.6 Å². The number of nitrogens with zero attached hydrogens (tertiary/aromatic N) is 1. The molecule has 2 aromatic carbocycles. The van der Waals surface area contributed by atoms with Crippen molar-refractivity contribution >= 4 is 17.7 Å². The van der Waals surface area contributed by atoms with Crippen LogP contribution in [0.4, 0.5) is 0 Å². The molecule has 0 fully saturated rings. The Morgan fingerprint density at radius 1 is 1.04 bits per heavy atom. The molecule has 0 spiro atoms. The second-order valence-corrected chi connectivity index (χ2v) is 7.01. The van der Waals surface area contributed by atoms with Crippen molar-refractivity contribution in [3.8, 4) is 11.3 Å². The molecular weight excluding hydrogens is 326 g/mol. The van der Waals surface area contributed by atoms with Gasteiger partial charge in [-0.1, -0.05) is 60.7 Å². The van der Waals surface area contributed by atoms with Crippen molar-refractivity contribution in [2.45, 2.75) is 25.7 Å². The van der Waals surface area contributed by atoms with Crippen LogP contribution in [0, 0.1) is 0 Å². The number of fused-ring (bicyclic) bond motifs is 1. The van der Waals surface area contributed by atoms with Gasteiger partial charge in [-0.15, -0.1) is 0 Å². The van der Waals surface area contributed by atoms with Gasteiger partial charge >= 0.3 is 0 Å². The largest absolute Gasteiger partial charge is 0.253 e. The van der Waals surface area contributed by atoms with Gasteiger partial charge in [0.1, 0.15) is 0 Å². The molecule has 4 rings (SSSR count).